The zero-order chi connectivity index (χ0) is 14.6. The first-order valence-corrected chi connectivity index (χ1v) is 6.81. The number of rotatable bonds is 5. The normalized spacial score (nSPS) is 17.2. The van der Waals surface area contributed by atoms with Crippen LogP contribution in [-0.2, 0) is 0 Å². The highest BCUT2D eigenvalue weighted by atomic mass is 19.4. The molecule has 0 amide bonds. The molecule has 1 aromatic carbocycles. The van der Waals surface area contributed by atoms with Gasteiger partial charge in [-0.1, -0.05) is 11.9 Å². The van der Waals surface area contributed by atoms with Gasteiger partial charge in [0.05, 0.1) is 5.75 Å². The minimum Gasteiger partial charge on any atom is -0.495 e. The Morgan fingerprint density at radius 3 is 2.45 bits per heavy atom. The Morgan fingerprint density at radius 1 is 1.10 bits per heavy atom. The smallest absolute Gasteiger partial charge is 0.495 e. The molecule has 0 saturated carbocycles. The molecule has 2 rings (SSSR count). The van der Waals surface area contributed by atoms with Crippen molar-refractivity contribution in [1.29, 1.82) is 0 Å². The van der Waals surface area contributed by atoms with E-state index in [1.807, 2.05) is 0 Å². The summed E-state index contributed by atoms with van der Waals surface area (Å²) in [4.78, 5) is 2.17. The lowest BCUT2D eigenvalue weighted by molar-refractivity contribution is 0.183. The predicted octanol–water partition coefficient (Wildman–Crippen LogP) is 2.74. The van der Waals surface area contributed by atoms with Crippen molar-refractivity contribution in [2.24, 2.45) is 0 Å². The van der Waals surface area contributed by atoms with Crippen molar-refractivity contribution in [1.82, 2.24) is 4.90 Å². The van der Waals surface area contributed by atoms with E-state index in [-0.39, 0.29) is 12.4 Å². The van der Waals surface area contributed by atoms with Crippen LogP contribution in [0.3, 0.4) is 0 Å². The third kappa shape index (κ3) is 4.13. The van der Waals surface area contributed by atoms with Gasteiger partial charge in [-0.3, -0.25) is 4.90 Å². The molecule has 0 radical (unpaired) electrons. The number of hydrogen-bond donors (Lipinski definition) is 0. The van der Waals surface area contributed by atoms with Gasteiger partial charge in [-0.25, -0.2) is 4.39 Å². The van der Waals surface area contributed by atoms with Crippen LogP contribution in [-0.4, -0.2) is 38.1 Å². The lowest BCUT2D eigenvalue weighted by atomic mass is 9.79. The molecule has 1 heterocycles. The Hall–Kier alpha value is -1.24. The molecule has 0 N–H and O–H groups in total. The third-order valence-corrected chi connectivity index (χ3v) is 3.44. The molecule has 1 aliphatic rings. The Balaban J connectivity index is 1.95. The molecule has 7 heteroatoms. The van der Waals surface area contributed by atoms with Crippen LogP contribution < -0.4 is 10.2 Å². The zero-order valence-electron chi connectivity index (χ0n) is 11.1. The van der Waals surface area contributed by atoms with Crippen LogP contribution in [0.2, 0.25) is 0 Å². The fourth-order valence-electron chi connectivity index (χ4n) is 2.37. The van der Waals surface area contributed by atoms with E-state index < -0.39 is 18.3 Å². The van der Waals surface area contributed by atoms with Crippen molar-refractivity contribution in [3.63, 3.8) is 0 Å². The molecule has 1 saturated heterocycles. The summed E-state index contributed by atoms with van der Waals surface area (Å²) in [7, 11) is 0. The van der Waals surface area contributed by atoms with E-state index in [9.17, 15) is 17.3 Å². The van der Waals surface area contributed by atoms with Gasteiger partial charge in [0.25, 0.3) is 0 Å². The highest BCUT2D eigenvalue weighted by Crippen LogP contribution is 2.19. The lowest BCUT2D eigenvalue weighted by Crippen LogP contribution is -2.37. The molecule has 0 aliphatic carbocycles. The van der Waals surface area contributed by atoms with E-state index in [0.717, 1.165) is 38.1 Å². The Kier molecular flexibility index (Phi) is 4.91. The second-order valence-corrected chi connectivity index (χ2v) is 5.01. The summed E-state index contributed by atoms with van der Waals surface area (Å²) in [5.41, 5.74) is -0.997. The average molecular weight is 290 g/mol. The van der Waals surface area contributed by atoms with E-state index in [4.69, 9.17) is 4.74 Å². The summed E-state index contributed by atoms with van der Waals surface area (Å²) < 4.78 is 56.6. The van der Waals surface area contributed by atoms with Gasteiger partial charge in [0.1, 0.15) is 12.4 Å². The maximum atomic E-state index is 12.9. The Morgan fingerprint density at radius 2 is 1.80 bits per heavy atom. The molecule has 0 atom stereocenters. The van der Waals surface area contributed by atoms with Crippen molar-refractivity contribution in [3.05, 3.63) is 24.0 Å². The van der Waals surface area contributed by atoms with Crippen LogP contribution in [0.4, 0.5) is 17.3 Å². The number of benzene rings is 1. The molecule has 1 aromatic rings. The van der Waals surface area contributed by atoms with E-state index >= 15 is 0 Å². The molecule has 1 fully saturated rings. The second kappa shape index (κ2) is 6.48. The zero-order valence-corrected chi connectivity index (χ0v) is 11.1. The van der Waals surface area contributed by atoms with Crippen molar-refractivity contribution in [2.75, 3.05) is 26.2 Å². The molecule has 0 unspecified atom stereocenters. The van der Waals surface area contributed by atoms with Gasteiger partial charge in [-0.05, 0) is 44.1 Å². The summed E-state index contributed by atoms with van der Waals surface area (Å²) in [6, 6.07) is 2.54. The molecule has 112 valence electrons. The van der Waals surface area contributed by atoms with Gasteiger partial charge in [0.2, 0.25) is 0 Å². The molecule has 0 aromatic heterocycles. The maximum absolute atomic E-state index is 12.9. The molecular weight excluding hydrogens is 273 g/mol. The Bertz CT molecular complexity index is 446. The standard InChI is InChI=1S/C13H17BF4NO/c15-11-4-5-13(12(10-11)14(16,17)18)20-9-8-19-6-2-1-3-7-19/h4-5,10H,1-3,6-9H2/q-1. The molecule has 20 heavy (non-hydrogen) atoms. The van der Waals surface area contributed by atoms with E-state index in [1.54, 1.807) is 0 Å². The minimum atomic E-state index is -5.27. The molecule has 2 nitrogen and oxygen atoms in total. The third-order valence-electron chi connectivity index (χ3n) is 3.44. The monoisotopic (exact) mass is 290 g/mol. The fraction of sp³-hybridized carbons (Fsp3) is 0.538. The van der Waals surface area contributed by atoms with Gasteiger partial charge >= 0.3 is 6.98 Å². The molecule has 0 spiro atoms. The number of halogens is 4. The van der Waals surface area contributed by atoms with Crippen molar-refractivity contribution >= 4 is 12.4 Å². The predicted molar refractivity (Wildman–Crippen MR) is 70.9 cm³/mol. The maximum Gasteiger partial charge on any atom is 0.513 e. The highest BCUT2D eigenvalue weighted by Gasteiger charge is 2.29. The van der Waals surface area contributed by atoms with Gasteiger partial charge in [0.15, 0.2) is 0 Å². The lowest BCUT2D eigenvalue weighted by Gasteiger charge is -2.27. The van der Waals surface area contributed by atoms with Crippen LogP contribution in [0.1, 0.15) is 19.3 Å². The first-order chi connectivity index (χ1) is 9.47. The summed E-state index contributed by atoms with van der Waals surface area (Å²) >= 11 is 0. The number of hydrogen-bond acceptors (Lipinski definition) is 2. The minimum absolute atomic E-state index is 0.185. The second-order valence-electron chi connectivity index (χ2n) is 5.01. The van der Waals surface area contributed by atoms with Crippen molar-refractivity contribution in [3.8, 4) is 5.75 Å². The number of ether oxygens (including phenoxy) is 1. The van der Waals surface area contributed by atoms with Crippen LogP contribution in [0, 0.1) is 5.82 Å². The van der Waals surface area contributed by atoms with Gasteiger partial charge in [-0.15, -0.1) is 0 Å². The quantitative estimate of drug-likeness (QED) is 0.610. The topological polar surface area (TPSA) is 12.5 Å². The molecule has 0 bridgehead atoms. The number of piperidine rings is 1. The number of nitrogens with zero attached hydrogens (tertiary/aromatic N) is 1. The van der Waals surface area contributed by atoms with Crippen LogP contribution in [0.15, 0.2) is 18.2 Å². The summed E-state index contributed by atoms with van der Waals surface area (Å²) in [5, 5.41) is 0. The van der Waals surface area contributed by atoms with E-state index in [0.29, 0.717) is 12.6 Å². The first kappa shape index (κ1) is 15.2. The van der Waals surface area contributed by atoms with Gasteiger partial charge in [0, 0.05) is 6.54 Å². The van der Waals surface area contributed by atoms with Crippen LogP contribution in [0.25, 0.3) is 0 Å². The largest absolute Gasteiger partial charge is 0.513 e. The fourth-order valence-corrected chi connectivity index (χ4v) is 2.37. The van der Waals surface area contributed by atoms with Gasteiger partial charge in [-0.2, -0.15) is 0 Å². The average Bonchev–Trinajstić information content (AvgIpc) is 2.40. The summed E-state index contributed by atoms with van der Waals surface area (Å²) in [5.74, 6) is -1.18. The van der Waals surface area contributed by atoms with Crippen LogP contribution >= 0.6 is 0 Å². The van der Waals surface area contributed by atoms with Crippen LogP contribution in [0.5, 0.6) is 5.75 Å². The van der Waals surface area contributed by atoms with Crippen molar-refractivity contribution in [2.45, 2.75) is 19.3 Å². The summed E-state index contributed by atoms with van der Waals surface area (Å²) in [6.07, 6.45) is 3.44. The first-order valence-electron chi connectivity index (χ1n) is 6.81. The number of likely N-dealkylation sites (tertiary alicyclic amines) is 1. The SMILES string of the molecule is Fc1ccc(OCCN2CCCCC2)c([B-](F)(F)F)c1. The molecular formula is C13H17BF4NO-. The van der Waals surface area contributed by atoms with Gasteiger partial charge < -0.3 is 17.7 Å². The molecule has 1 aliphatic heterocycles. The van der Waals surface area contributed by atoms with E-state index in [1.165, 1.54) is 6.42 Å². The highest BCUT2D eigenvalue weighted by molar-refractivity contribution is 6.74. The van der Waals surface area contributed by atoms with E-state index in [2.05, 4.69) is 4.90 Å². The van der Waals surface area contributed by atoms with Crippen molar-refractivity contribution < 1.29 is 22.1 Å². The Labute approximate surface area is 115 Å². The summed E-state index contributed by atoms with van der Waals surface area (Å²) in [6.45, 7) is -2.56.